The molecule has 0 bridgehead atoms. The Morgan fingerprint density at radius 3 is 2.50 bits per heavy atom. The predicted molar refractivity (Wildman–Crippen MR) is 34.7 cm³/mol. The molecule has 10 heavy (non-hydrogen) atoms. The van der Waals surface area contributed by atoms with Crippen LogP contribution in [0.1, 0.15) is 5.69 Å². The average Bonchev–Trinajstić information content (AvgIpc) is 2.11. The Bertz CT molecular complexity index is 326. The van der Waals surface area contributed by atoms with Gasteiger partial charge in [-0.25, -0.2) is 18.5 Å². The smallest absolute Gasteiger partial charge is 0.257 e. The van der Waals surface area contributed by atoms with Crippen LogP contribution in [0.25, 0.3) is 0 Å². The van der Waals surface area contributed by atoms with E-state index < -0.39 is 10.0 Å². The molecule has 0 amide bonds. The first kappa shape index (κ1) is 7.23. The van der Waals surface area contributed by atoms with Crippen molar-refractivity contribution in [1.29, 1.82) is 0 Å². The maximum absolute atomic E-state index is 10.6. The molecule has 0 saturated heterocycles. The minimum atomic E-state index is -3.63. The Balaban J connectivity index is 3.32. The van der Waals surface area contributed by atoms with E-state index in [0.717, 1.165) is 0 Å². The molecule has 1 heterocycles. The molecule has 0 aliphatic heterocycles. The van der Waals surface area contributed by atoms with Crippen molar-refractivity contribution in [2.45, 2.75) is 11.9 Å². The van der Waals surface area contributed by atoms with Gasteiger partial charge < -0.3 is 4.98 Å². The lowest BCUT2D eigenvalue weighted by Crippen LogP contribution is -2.13. The highest BCUT2D eigenvalue weighted by atomic mass is 32.2. The normalized spacial score (nSPS) is 11.8. The monoisotopic (exact) mass is 161 g/mol. The molecule has 0 aliphatic rings. The third kappa shape index (κ3) is 1.17. The van der Waals surface area contributed by atoms with E-state index in [1.807, 2.05) is 0 Å². The van der Waals surface area contributed by atoms with Crippen LogP contribution in [0.5, 0.6) is 0 Å². The zero-order valence-electron chi connectivity index (χ0n) is 5.33. The minimum Gasteiger partial charge on any atom is -0.348 e. The number of sulfonamides is 1. The fourth-order valence-electron chi connectivity index (χ4n) is 0.633. The molecule has 5 nitrogen and oxygen atoms in total. The summed E-state index contributed by atoms with van der Waals surface area (Å²) in [7, 11) is -3.63. The summed E-state index contributed by atoms with van der Waals surface area (Å²) in [6.07, 6.45) is 1.29. The van der Waals surface area contributed by atoms with Crippen LogP contribution in [0.15, 0.2) is 11.4 Å². The van der Waals surface area contributed by atoms with Crippen LogP contribution in [0, 0.1) is 6.92 Å². The SMILES string of the molecule is Cc1[nH]cnc1S(N)(=O)=O. The predicted octanol–water partition coefficient (Wildman–Crippen LogP) is -0.634. The van der Waals surface area contributed by atoms with Crippen LogP contribution in [0.4, 0.5) is 0 Å². The van der Waals surface area contributed by atoms with Crippen LogP contribution in [-0.4, -0.2) is 18.4 Å². The molecular weight excluding hydrogens is 154 g/mol. The van der Waals surface area contributed by atoms with Gasteiger partial charge in [-0.3, -0.25) is 0 Å². The number of hydrogen-bond donors (Lipinski definition) is 2. The first-order valence-corrected chi connectivity index (χ1v) is 4.09. The molecule has 0 atom stereocenters. The Morgan fingerprint density at radius 2 is 2.30 bits per heavy atom. The lowest BCUT2D eigenvalue weighted by Gasteiger charge is -1.90. The number of aryl methyl sites for hydroxylation is 1. The molecule has 0 fully saturated rings. The molecule has 1 aromatic heterocycles. The van der Waals surface area contributed by atoms with Crippen LogP contribution >= 0.6 is 0 Å². The summed E-state index contributed by atoms with van der Waals surface area (Å²) < 4.78 is 21.2. The summed E-state index contributed by atoms with van der Waals surface area (Å²) in [5.74, 6) is 0. The summed E-state index contributed by atoms with van der Waals surface area (Å²) in [4.78, 5) is 6.12. The molecule has 0 spiro atoms. The molecule has 6 heteroatoms. The van der Waals surface area contributed by atoms with Gasteiger partial charge in [-0.2, -0.15) is 0 Å². The molecule has 0 radical (unpaired) electrons. The quantitative estimate of drug-likeness (QED) is 0.574. The van der Waals surface area contributed by atoms with Gasteiger partial charge in [-0.1, -0.05) is 0 Å². The van der Waals surface area contributed by atoms with Gasteiger partial charge in [0.2, 0.25) is 0 Å². The van der Waals surface area contributed by atoms with Gasteiger partial charge >= 0.3 is 0 Å². The van der Waals surface area contributed by atoms with E-state index in [9.17, 15) is 8.42 Å². The Hall–Kier alpha value is -0.880. The average molecular weight is 161 g/mol. The maximum Gasteiger partial charge on any atom is 0.257 e. The van der Waals surface area contributed by atoms with E-state index in [4.69, 9.17) is 5.14 Å². The highest BCUT2D eigenvalue weighted by Crippen LogP contribution is 2.04. The number of nitrogens with two attached hydrogens (primary N) is 1. The molecule has 0 aliphatic carbocycles. The summed E-state index contributed by atoms with van der Waals surface area (Å²) in [5.41, 5.74) is 0.461. The Labute approximate surface area is 58.3 Å². The van der Waals surface area contributed by atoms with Crippen molar-refractivity contribution >= 4 is 10.0 Å². The minimum absolute atomic E-state index is 0.0903. The van der Waals surface area contributed by atoms with Crippen molar-refractivity contribution in [3.63, 3.8) is 0 Å². The summed E-state index contributed by atoms with van der Waals surface area (Å²) in [6.45, 7) is 1.59. The molecule has 1 aromatic rings. The highest BCUT2D eigenvalue weighted by Gasteiger charge is 2.12. The van der Waals surface area contributed by atoms with Crippen molar-refractivity contribution in [3.8, 4) is 0 Å². The van der Waals surface area contributed by atoms with Gasteiger partial charge in [0.15, 0.2) is 5.03 Å². The molecule has 56 valence electrons. The van der Waals surface area contributed by atoms with Gasteiger partial charge in [0.25, 0.3) is 10.0 Å². The Morgan fingerprint density at radius 1 is 1.70 bits per heavy atom. The second-order valence-electron chi connectivity index (χ2n) is 1.88. The molecule has 1 rings (SSSR count). The fourth-order valence-corrected chi connectivity index (χ4v) is 1.32. The first-order chi connectivity index (χ1) is 4.52. The number of hydrogen-bond acceptors (Lipinski definition) is 3. The van der Waals surface area contributed by atoms with E-state index >= 15 is 0 Å². The van der Waals surface area contributed by atoms with E-state index in [1.165, 1.54) is 6.33 Å². The second kappa shape index (κ2) is 2.06. The highest BCUT2D eigenvalue weighted by molar-refractivity contribution is 7.89. The topological polar surface area (TPSA) is 88.8 Å². The lowest BCUT2D eigenvalue weighted by atomic mass is 10.6. The summed E-state index contributed by atoms with van der Waals surface area (Å²) in [6, 6.07) is 0. The van der Waals surface area contributed by atoms with Crippen molar-refractivity contribution in [2.75, 3.05) is 0 Å². The van der Waals surface area contributed by atoms with Gasteiger partial charge in [0.05, 0.1) is 12.0 Å². The van der Waals surface area contributed by atoms with E-state index in [-0.39, 0.29) is 5.03 Å². The number of nitrogens with zero attached hydrogens (tertiary/aromatic N) is 1. The molecule has 0 saturated carbocycles. The van der Waals surface area contributed by atoms with E-state index in [2.05, 4.69) is 9.97 Å². The molecular formula is C4H7N3O2S. The van der Waals surface area contributed by atoms with Crippen molar-refractivity contribution < 1.29 is 8.42 Å². The maximum atomic E-state index is 10.6. The fraction of sp³-hybridized carbons (Fsp3) is 0.250. The van der Waals surface area contributed by atoms with Gasteiger partial charge in [-0.05, 0) is 6.92 Å². The van der Waals surface area contributed by atoms with Crippen LogP contribution in [0.2, 0.25) is 0 Å². The number of aromatic nitrogens is 2. The summed E-state index contributed by atoms with van der Waals surface area (Å²) in [5, 5.41) is 4.70. The lowest BCUT2D eigenvalue weighted by molar-refractivity contribution is 0.594. The van der Waals surface area contributed by atoms with Crippen LogP contribution in [0.3, 0.4) is 0 Å². The van der Waals surface area contributed by atoms with Gasteiger partial charge in [0, 0.05) is 0 Å². The second-order valence-corrected chi connectivity index (χ2v) is 3.35. The number of rotatable bonds is 1. The van der Waals surface area contributed by atoms with Gasteiger partial charge in [-0.15, -0.1) is 0 Å². The number of nitrogens with one attached hydrogen (secondary N) is 1. The Kier molecular flexibility index (Phi) is 1.49. The van der Waals surface area contributed by atoms with Crippen LogP contribution < -0.4 is 5.14 Å². The number of imidazole rings is 1. The van der Waals surface area contributed by atoms with E-state index in [1.54, 1.807) is 6.92 Å². The summed E-state index contributed by atoms with van der Waals surface area (Å²) >= 11 is 0. The molecule has 3 N–H and O–H groups in total. The van der Waals surface area contributed by atoms with Gasteiger partial charge in [0.1, 0.15) is 0 Å². The molecule has 0 aromatic carbocycles. The van der Waals surface area contributed by atoms with E-state index in [0.29, 0.717) is 5.69 Å². The first-order valence-electron chi connectivity index (χ1n) is 2.54. The third-order valence-corrected chi connectivity index (χ3v) is 2.00. The number of H-pyrrole nitrogens is 1. The number of primary sulfonamides is 1. The molecule has 0 unspecified atom stereocenters. The number of aromatic amines is 1. The zero-order chi connectivity index (χ0) is 7.78. The van der Waals surface area contributed by atoms with Crippen LogP contribution in [-0.2, 0) is 10.0 Å². The van der Waals surface area contributed by atoms with Crippen molar-refractivity contribution in [2.24, 2.45) is 5.14 Å². The van der Waals surface area contributed by atoms with Crippen molar-refractivity contribution in [1.82, 2.24) is 9.97 Å². The standard InChI is InChI=1S/C4H7N3O2S/c1-3-4(7-2-6-3)10(5,8)9/h2H,1H3,(H,6,7)(H2,5,8,9). The van der Waals surface area contributed by atoms with Crippen molar-refractivity contribution in [3.05, 3.63) is 12.0 Å². The third-order valence-electron chi connectivity index (χ3n) is 1.05. The largest absolute Gasteiger partial charge is 0.348 e. The zero-order valence-corrected chi connectivity index (χ0v) is 6.14.